The monoisotopic (exact) mass is 303 g/mol. The van der Waals surface area contributed by atoms with Crippen LogP contribution in [0.15, 0.2) is 36.5 Å². The van der Waals surface area contributed by atoms with E-state index in [9.17, 15) is 4.79 Å². The largest absolute Gasteiger partial charge is 0.384 e. The van der Waals surface area contributed by atoms with Gasteiger partial charge in [-0.05, 0) is 43.2 Å². The lowest BCUT2D eigenvalue weighted by Gasteiger charge is -2.09. The maximum atomic E-state index is 12.2. The van der Waals surface area contributed by atoms with Gasteiger partial charge in [0, 0.05) is 17.3 Å². The van der Waals surface area contributed by atoms with E-state index in [1.54, 1.807) is 24.4 Å². The van der Waals surface area contributed by atoms with Crippen LogP contribution in [-0.4, -0.2) is 17.4 Å². The molecule has 110 valence electrons. The third-order valence-electron chi connectivity index (χ3n) is 3.09. The lowest BCUT2D eigenvalue weighted by Crippen LogP contribution is -2.14. The van der Waals surface area contributed by atoms with E-state index in [1.807, 2.05) is 19.1 Å². The molecule has 1 heterocycles. The summed E-state index contributed by atoms with van der Waals surface area (Å²) in [5.41, 5.74) is 2.82. The van der Waals surface area contributed by atoms with Crippen molar-refractivity contribution in [3.63, 3.8) is 0 Å². The number of carbonyl (C=O) groups is 1. The highest BCUT2D eigenvalue weighted by Crippen LogP contribution is 2.23. The Morgan fingerprint density at radius 3 is 2.76 bits per heavy atom. The van der Waals surface area contributed by atoms with Crippen molar-refractivity contribution in [1.29, 1.82) is 0 Å². The first-order chi connectivity index (χ1) is 10.1. The first kappa shape index (κ1) is 15.3. The number of hydrogen-bond donors (Lipinski definition) is 2. The summed E-state index contributed by atoms with van der Waals surface area (Å²) < 4.78 is 0. The molecule has 2 N–H and O–H groups in total. The number of pyridine rings is 1. The second-order valence-corrected chi connectivity index (χ2v) is 5.13. The average molecular weight is 304 g/mol. The molecule has 0 aliphatic heterocycles. The van der Waals surface area contributed by atoms with Gasteiger partial charge in [0.25, 0.3) is 5.91 Å². The second kappa shape index (κ2) is 7.09. The number of anilines is 2. The molecule has 0 saturated heterocycles. The Morgan fingerprint density at radius 2 is 2.10 bits per heavy atom. The van der Waals surface area contributed by atoms with Gasteiger partial charge in [-0.3, -0.25) is 4.79 Å². The van der Waals surface area contributed by atoms with Crippen LogP contribution in [0.3, 0.4) is 0 Å². The molecule has 1 aromatic heterocycles. The SMILES string of the molecule is CCCNc1ccc(C(=O)Nc2cccc(Cl)c2C)nc1. The van der Waals surface area contributed by atoms with Crippen molar-refractivity contribution in [3.8, 4) is 0 Å². The molecule has 4 nitrogen and oxygen atoms in total. The molecule has 0 aliphatic rings. The number of carbonyl (C=O) groups excluding carboxylic acids is 1. The highest BCUT2D eigenvalue weighted by molar-refractivity contribution is 6.31. The first-order valence-electron chi connectivity index (χ1n) is 6.88. The van der Waals surface area contributed by atoms with Crippen molar-refractivity contribution in [3.05, 3.63) is 52.8 Å². The van der Waals surface area contributed by atoms with Gasteiger partial charge in [-0.1, -0.05) is 24.6 Å². The van der Waals surface area contributed by atoms with Crippen molar-refractivity contribution >= 4 is 28.9 Å². The molecule has 0 unspecified atom stereocenters. The van der Waals surface area contributed by atoms with Crippen LogP contribution in [0.1, 0.15) is 29.4 Å². The second-order valence-electron chi connectivity index (χ2n) is 4.73. The van der Waals surface area contributed by atoms with Gasteiger partial charge in [-0.2, -0.15) is 0 Å². The normalized spacial score (nSPS) is 10.2. The molecular formula is C16H18ClN3O. The minimum absolute atomic E-state index is 0.248. The Morgan fingerprint density at radius 1 is 1.29 bits per heavy atom. The topological polar surface area (TPSA) is 54.0 Å². The molecule has 21 heavy (non-hydrogen) atoms. The molecule has 0 radical (unpaired) electrons. The molecule has 0 saturated carbocycles. The van der Waals surface area contributed by atoms with Gasteiger partial charge < -0.3 is 10.6 Å². The molecule has 5 heteroatoms. The minimum atomic E-state index is -0.248. The number of halogens is 1. The van der Waals surface area contributed by atoms with Crippen molar-refractivity contribution < 1.29 is 4.79 Å². The maximum Gasteiger partial charge on any atom is 0.274 e. The molecule has 0 bridgehead atoms. The van der Waals surface area contributed by atoms with Crippen LogP contribution in [-0.2, 0) is 0 Å². The lowest BCUT2D eigenvalue weighted by atomic mass is 10.2. The van der Waals surface area contributed by atoms with Gasteiger partial charge in [0.15, 0.2) is 0 Å². The summed E-state index contributed by atoms with van der Waals surface area (Å²) in [6.07, 6.45) is 2.70. The van der Waals surface area contributed by atoms with Crippen molar-refractivity contribution in [2.24, 2.45) is 0 Å². The summed E-state index contributed by atoms with van der Waals surface area (Å²) in [7, 11) is 0. The Hall–Kier alpha value is -2.07. The van der Waals surface area contributed by atoms with E-state index >= 15 is 0 Å². The van der Waals surface area contributed by atoms with Crippen LogP contribution >= 0.6 is 11.6 Å². The standard InChI is InChI=1S/C16H18ClN3O/c1-3-9-18-12-7-8-15(19-10-12)16(21)20-14-6-4-5-13(17)11(14)2/h4-8,10,18H,3,9H2,1-2H3,(H,20,21). The molecule has 0 atom stereocenters. The Kier molecular flexibility index (Phi) is 5.17. The molecular weight excluding hydrogens is 286 g/mol. The van der Waals surface area contributed by atoms with E-state index in [2.05, 4.69) is 22.5 Å². The summed E-state index contributed by atoms with van der Waals surface area (Å²) in [6, 6.07) is 8.96. The highest BCUT2D eigenvalue weighted by Gasteiger charge is 2.10. The Balaban J connectivity index is 2.08. The summed E-state index contributed by atoms with van der Waals surface area (Å²) in [6.45, 7) is 4.84. The fourth-order valence-electron chi connectivity index (χ4n) is 1.83. The molecule has 0 spiro atoms. The van der Waals surface area contributed by atoms with E-state index in [0.29, 0.717) is 16.4 Å². The van der Waals surface area contributed by atoms with Gasteiger partial charge >= 0.3 is 0 Å². The zero-order valence-corrected chi connectivity index (χ0v) is 12.9. The average Bonchev–Trinajstić information content (AvgIpc) is 2.50. The van der Waals surface area contributed by atoms with Gasteiger partial charge in [0.2, 0.25) is 0 Å². The molecule has 2 aromatic rings. The molecule has 1 amide bonds. The van der Waals surface area contributed by atoms with Crippen molar-refractivity contribution in [2.75, 3.05) is 17.2 Å². The van der Waals surface area contributed by atoms with Gasteiger partial charge in [0.1, 0.15) is 5.69 Å². The zero-order valence-electron chi connectivity index (χ0n) is 12.1. The fourth-order valence-corrected chi connectivity index (χ4v) is 2.01. The number of aromatic nitrogens is 1. The van der Waals surface area contributed by atoms with E-state index < -0.39 is 0 Å². The fraction of sp³-hybridized carbons (Fsp3) is 0.250. The van der Waals surface area contributed by atoms with E-state index in [1.165, 1.54) is 0 Å². The lowest BCUT2D eigenvalue weighted by molar-refractivity contribution is 0.102. The molecule has 0 fully saturated rings. The summed E-state index contributed by atoms with van der Waals surface area (Å²) >= 11 is 6.04. The van der Waals surface area contributed by atoms with Gasteiger partial charge in [-0.25, -0.2) is 4.98 Å². The third kappa shape index (κ3) is 3.95. The first-order valence-corrected chi connectivity index (χ1v) is 7.26. The van der Waals surface area contributed by atoms with E-state index in [0.717, 1.165) is 24.2 Å². The number of nitrogens with zero attached hydrogens (tertiary/aromatic N) is 1. The van der Waals surface area contributed by atoms with E-state index in [-0.39, 0.29) is 5.91 Å². The Bertz CT molecular complexity index is 626. The van der Waals surface area contributed by atoms with Gasteiger partial charge in [-0.15, -0.1) is 0 Å². The van der Waals surface area contributed by atoms with Crippen LogP contribution in [0.25, 0.3) is 0 Å². The van der Waals surface area contributed by atoms with Gasteiger partial charge in [0.05, 0.1) is 11.9 Å². The van der Waals surface area contributed by atoms with Crippen LogP contribution in [0.5, 0.6) is 0 Å². The quantitative estimate of drug-likeness (QED) is 0.873. The van der Waals surface area contributed by atoms with Crippen LogP contribution < -0.4 is 10.6 Å². The van der Waals surface area contributed by atoms with Crippen molar-refractivity contribution in [1.82, 2.24) is 4.98 Å². The summed E-state index contributed by atoms with van der Waals surface area (Å²) in [4.78, 5) is 16.3. The van der Waals surface area contributed by atoms with Crippen LogP contribution in [0.2, 0.25) is 5.02 Å². The predicted molar refractivity (Wildman–Crippen MR) is 87.2 cm³/mol. The number of benzene rings is 1. The predicted octanol–water partition coefficient (Wildman–Crippen LogP) is 4.12. The molecule has 0 aliphatic carbocycles. The minimum Gasteiger partial charge on any atom is -0.384 e. The number of hydrogen-bond acceptors (Lipinski definition) is 3. The maximum absolute atomic E-state index is 12.2. The van der Waals surface area contributed by atoms with Crippen LogP contribution in [0.4, 0.5) is 11.4 Å². The smallest absolute Gasteiger partial charge is 0.274 e. The highest BCUT2D eigenvalue weighted by atomic mass is 35.5. The summed E-state index contributed by atoms with van der Waals surface area (Å²) in [5, 5.41) is 6.66. The number of amides is 1. The molecule has 1 aromatic carbocycles. The number of nitrogens with one attached hydrogen (secondary N) is 2. The zero-order chi connectivity index (χ0) is 15.2. The molecule has 2 rings (SSSR count). The number of rotatable bonds is 5. The van der Waals surface area contributed by atoms with Crippen molar-refractivity contribution in [2.45, 2.75) is 20.3 Å². The Labute approximate surface area is 129 Å². The van der Waals surface area contributed by atoms with Crippen LogP contribution in [0, 0.1) is 6.92 Å². The van der Waals surface area contributed by atoms with E-state index in [4.69, 9.17) is 11.6 Å². The third-order valence-corrected chi connectivity index (χ3v) is 3.50. The summed E-state index contributed by atoms with van der Waals surface area (Å²) in [5.74, 6) is -0.248.